The number of hydrogen-bond acceptors (Lipinski definition) is 4. The summed E-state index contributed by atoms with van der Waals surface area (Å²) in [7, 11) is 1.67. The summed E-state index contributed by atoms with van der Waals surface area (Å²) >= 11 is 0. The highest BCUT2D eigenvalue weighted by Crippen LogP contribution is 2.41. The van der Waals surface area contributed by atoms with E-state index in [1.54, 1.807) is 7.11 Å². The van der Waals surface area contributed by atoms with Crippen molar-refractivity contribution in [3.63, 3.8) is 0 Å². The largest absolute Gasteiger partial charge is 0.497 e. The zero-order valence-corrected chi connectivity index (χ0v) is 12.9. The van der Waals surface area contributed by atoms with Crippen molar-refractivity contribution in [3.05, 3.63) is 23.8 Å². The Morgan fingerprint density at radius 1 is 1.40 bits per heavy atom. The number of hydrogen-bond donors (Lipinski definition) is 1. The van der Waals surface area contributed by atoms with Crippen LogP contribution in [0.5, 0.6) is 11.5 Å². The SMILES string of the molecule is CCNC1CC(C)(COCC)Oc2cc(OC)ccc21. The Kier molecular flexibility index (Phi) is 4.89. The van der Waals surface area contributed by atoms with Crippen LogP contribution in [0.3, 0.4) is 0 Å². The third-order valence-corrected chi connectivity index (χ3v) is 3.65. The number of ether oxygens (including phenoxy) is 3. The monoisotopic (exact) mass is 279 g/mol. The summed E-state index contributed by atoms with van der Waals surface area (Å²) in [5.41, 5.74) is 0.893. The summed E-state index contributed by atoms with van der Waals surface area (Å²) in [4.78, 5) is 0. The minimum Gasteiger partial charge on any atom is -0.497 e. The van der Waals surface area contributed by atoms with Gasteiger partial charge >= 0.3 is 0 Å². The first-order valence-electron chi connectivity index (χ1n) is 7.30. The summed E-state index contributed by atoms with van der Waals surface area (Å²) in [6.07, 6.45) is 0.903. The summed E-state index contributed by atoms with van der Waals surface area (Å²) in [6, 6.07) is 6.32. The van der Waals surface area contributed by atoms with Crippen LogP contribution in [0.1, 0.15) is 38.8 Å². The van der Waals surface area contributed by atoms with Gasteiger partial charge < -0.3 is 19.5 Å². The van der Waals surface area contributed by atoms with E-state index < -0.39 is 0 Å². The predicted octanol–water partition coefficient (Wildman–Crippen LogP) is 2.92. The molecule has 0 amide bonds. The van der Waals surface area contributed by atoms with Gasteiger partial charge in [0.1, 0.15) is 17.1 Å². The van der Waals surface area contributed by atoms with E-state index in [4.69, 9.17) is 14.2 Å². The number of nitrogens with one attached hydrogen (secondary N) is 1. The Balaban J connectivity index is 2.29. The molecule has 0 radical (unpaired) electrons. The standard InChI is InChI=1S/C16H25NO3/c1-5-17-14-10-16(3,11-19-6-2)20-15-9-12(18-4)7-8-13(14)15/h7-9,14,17H,5-6,10-11H2,1-4H3. The average molecular weight is 279 g/mol. The second kappa shape index (κ2) is 6.46. The Labute approximate surface area is 121 Å². The summed E-state index contributed by atoms with van der Waals surface area (Å²) < 4.78 is 17.1. The van der Waals surface area contributed by atoms with Crippen molar-refractivity contribution in [2.75, 3.05) is 26.9 Å². The van der Waals surface area contributed by atoms with E-state index in [9.17, 15) is 0 Å². The van der Waals surface area contributed by atoms with Gasteiger partial charge in [-0.25, -0.2) is 0 Å². The lowest BCUT2D eigenvalue weighted by Gasteiger charge is -2.40. The minimum absolute atomic E-state index is 0.292. The van der Waals surface area contributed by atoms with Crippen LogP contribution in [0.15, 0.2) is 18.2 Å². The number of rotatable bonds is 6. The van der Waals surface area contributed by atoms with E-state index in [2.05, 4.69) is 25.2 Å². The molecule has 1 aliphatic rings. The molecule has 1 N–H and O–H groups in total. The first-order chi connectivity index (χ1) is 9.61. The van der Waals surface area contributed by atoms with Crippen molar-refractivity contribution in [2.45, 2.75) is 38.8 Å². The Bertz CT molecular complexity index is 449. The van der Waals surface area contributed by atoms with Crippen LogP contribution in [-0.4, -0.2) is 32.5 Å². The molecule has 1 aliphatic heterocycles. The van der Waals surface area contributed by atoms with Crippen molar-refractivity contribution >= 4 is 0 Å². The van der Waals surface area contributed by atoms with Crippen molar-refractivity contribution in [3.8, 4) is 11.5 Å². The molecule has 0 spiro atoms. The second-order valence-electron chi connectivity index (χ2n) is 5.41. The molecule has 0 saturated carbocycles. The maximum atomic E-state index is 6.20. The first-order valence-corrected chi connectivity index (χ1v) is 7.30. The van der Waals surface area contributed by atoms with E-state index in [-0.39, 0.29) is 5.60 Å². The molecule has 0 fully saturated rings. The molecule has 1 aromatic carbocycles. The van der Waals surface area contributed by atoms with Gasteiger partial charge in [-0.2, -0.15) is 0 Å². The fraction of sp³-hybridized carbons (Fsp3) is 0.625. The van der Waals surface area contributed by atoms with Crippen LogP contribution >= 0.6 is 0 Å². The van der Waals surface area contributed by atoms with Crippen LogP contribution < -0.4 is 14.8 Å². The van der Waals surface area contributed by atoms with Gasteiger partial charge in [-0.1, -0.05) is 13.0 Å². The van der Waals surface area contributed by atoms with Gasteiger partial charge in [-0.15, -0.1) is 0 Å². The molecule has 2 rings (SSSR count). The first kappa shape index (κ1) is 15.1. The van der Waals surface area contributed by atoms with Crippen LogP contribution in [0.25, 0.3) is 0 Å². The normalized spacial score (nSPS) is 24.9. The molecule has 1 aromatic rings. The molecule has 0 aliphatic carbocycles. The molecular formula is C16H25NO3. The van der Waals surface area contributed by atoms with E-state index in [1.165, 1.54) is 5.56 Å². The lowest BCUT2D eigenvalue weighted by Crippen LogP contribution is -2.45. The fourth-order valence-electron chi connectivity index (χ4n) is 2.70. The van der Waals surface area contributed by atoms with Crippen LogP contribution in [0.2, 0.25) is 0 Å². The smallest absolute Gasteiger partial charge is 0.131 e. The molecule has 1 heterocycles. The van der Waals surface area contributed by atoms with E-state index in [0.717, 1.165) is 24.5 Å². The van der Waals surface area contributed by atoms with Crippen LogP contribution in [-0.2, 0) is 4.74 Å². The number of fused-ring (bicyclic) bond motifs is 1. The molecule has 0 saturated heterocycles. The molecule has 2 atom stereocenters. The van der Waals surface area contributed by atoms with Crippen LogP contribution in [0, 0.1) is 0 Å². The zero-order valence-electron chi connectivity index (χ0n) is 12.9. The van der Waals surface area contributed by atoms with Gasteiger partial charge in [0.15, 0.2) is 0 Å². The van der Waals surface area contributed by atoms with Crippen molar-refractivity contribution in [1.82, 2.24) is 5.32 Å². The van der Waals surface area contributed by atoms with Gasteiger partial charge in [-0.05, 0) is 26.5 Å². The van der Waals surface area contributed by atoms with Crippen molar-refractivity contribution in [2.24, 2.45) is 0 Å². The van der Waals surface area contributed by atoms with Crippen LogP contribution in [0.4, 0.5) is 0 Å². The second-order valence-corrected chi connectivity index (χ2v) is 5.41. The average Bonchev–Trinajstić information content (AvgIpc) is 2.44. The Morgan fingerprint density at radius 3 is 2.85 bits per heavy atom. The van der Waals surface area contributed by atoms with E-state index >= 15 is 0 Å². The zero-order chi connectivity index (χ0) is 14.6. The quantitative estimate of drug-likeness (QED) is 0.869. The topological polar surface area (TPSA) is 39.7 Å². The predicted molar refractivity (Wildman–Crippen MR) is 79.6 cm³/mol. The maximum absolute atomic E-state index is 6.20. The van der Waals surface area contributed by atoms with Gasteiger partial charge in [-0.3, -0.25) is 0 Å². The third kappa shape index (κ3) is 3.25. The maximum Gasteiger partial charge on any atom is 0.131 e. The van der Waals surface area contributed by atoms with Gasteiger partial charge in [0.25, 0.3) is 0 Å². The van der Waals surface area contributed by atoms with Gasteiger partial charge in [0.05, 0.1) is 13.7 Å². The molecule has 112 valence electrons. The van der Waals surface area contributed by atoms with Gasteiger partial charge in [0.2, 0.25) is 0 Å². The van der Waals surface area contributed by atoms with Crippen molar-refractivity contribution in [1.29, 1.82) is 0 Å². The Hall–Kier alpha value is -1.26. The van der Waals surface area contributed by atoms with Crippen molar-refractivity contribution < 1.29 is 14.2 Å². The van der Waals surface area contributed by atoms with E-state index in [1.807, 2.05) is 19.1 Å². The summed E-state index contributed by atoms with van der Waals surface area (Å²) in [5, 5.41) is 3.53. The molecule has 4 nitrogen and oxygen atoms in total. The lowest BCUT2D eigenvalue weighted by molar-refractivity contribution is -0.0332. The molecule has 4 heteroatoms. The third-order valence-electron chi connectivity index (χ3n) is 3.65. The number of benzene rings is 1. The summed E-state index contributed by atoms with van der Waals surface area (Å²) in [5.74, 6) is 1.71. The van der Waals surface area contributed by atoms with Gasteiger partial charge in [0, 0.05) is 30.7 Å². The highest BCUT2D eigenvalue weighted by Gasteiger charge is 2.37. The fourth-order valence-corrected chi connectivity index (χ4v) is 2.70. The molecular weight excluding hydrogens is 254 g/mol. The number of methoxy groups -OCH3 is 1. The lowest BCUT2D eigenvalue weighted by atomic mass is 9.88. The highest BCUT2D eigenvalue weighted by atomic mass is 16.5. The van der Waals surface area contributed by atoms with E-state index in [0.29, 0.717) is 19.3 Å². The highest BCUT2D eigenvalue weighted by molar-refractivity contribution is 5.44. The molecule has 2 unspecified atom stereocenters. The molecule has 0 aromatic heterocycles. The summed E-state index contributed by atoms with van der Waals surface area (Å²) in [6.45, 7) is 8.47. The molecule has 20 heavy (non-hydrogen) atoms. The molecule has 0 bridgehead atoms. The minimum atomic E-state index is -0.303. The Morgan fingerprint density at radius 2 is 2.20 bits per heavy atom.